The summed E-state index contributed by atoms with van der Waals surface area (Å²) in [5.74, 6) is 0.570. The Morgan fingerprint density at radius 1 is 1.15 bits per heavy atom. The third-order valence-corrected chi connectivity index (χ3v) is 3.40. The van der Waals surface area contributed by atoms with Gasteiger partial charge in [0.1, 0.15) is 5.82 Å². The lowest BCUT2D eigenvalue weighted by Gasteiger charge is -2.19. The molecule has 0 unspecified atom stereocenters. The summed E-state index contributed by atoms with van der Waals surface area (Å²) in [4.78, 5) is 2.13. The van der Waals surface area contributed by atoms with Crippen molar-refractivity contribution >= 4 is 5.69 Å². The second kappa shape index (κ2) is 9.76. The molecule has 0 aromatic heterocycles. The minimum Gasteiger partial charge on any atom is -0.375 e. The molecule has 0 bridgehead atoms. The van der Waals surface area contributed by atoms with Crippen molar-refractivity contribution < 1.29 is 4.39 Å². The van der Waals surface area contributed by atoms with Gasteiger partial charge in [-0.2, -0.15) is 0 Å². The predicted octanol–water partition coefficient (Wildman–Crippen LogP) is 4.07. The molecule has 2 nitrogen and oxygen atoms in total. The largest absolute Gasteiger partial charge is 0.375 e. The molecule has 0 saturated heterocycles. The van der Waals surface area contributed by atoms with E-state index >= 15 is 0 Å². The zero-order chi connectivity index (χ0) is 14.8. The maximum atomic E-state index is 13.1. The molecule has 0 aliphatic heterocycles. The van der Waals surface area contributed by atoms with E-state index in [0.717, 1.165) is 37.7 Å². The van der Waals surface area contributed by atoms with Crippen LogP contribution in [0.15, 0.2) is 24.3 Å². The van der Waals surface area contributed by atoms with Crippen molar-refractivity contribution in [3.05, 3.63) is 30.1 Å². The first kappa shape index (κ1) is 17.0. The van der Waals surface area contributed by atoms with Crippen molar-refractivity contribution in [2.75, 3.05) is 31.6 Å². The molecule has 114 valence electrons. The van der Waals surface area contributed by atoms with Gasteiger partial charge in [0.15, 0.2) is 0 Å². The number of benzene rings is 1. The van der Waals surface area contributed by atoms with E-state index in [1.165, 1.54) is 25.3 Å². The Morgan fingerprint density at radius 3 is 2.60 bits per heavy atom. The van der Waals surface area contributed by atoms with Crippen molar-refractivity contribution in [2.24, 2.45) is 5.92 Å². The van der Waals surface area contributed by atoms with Crippen molar-refractivity contribution in [1.82, 2.24) is 5.32 Å². The Bertz CT molecular complexity index is 366. The average Bonchev–Trinajstić information content (AvgIpc) is 2.41. The first-order chi connectivity index (χ1) is 9.59. The van der Waals surface area contributed by atoms with Gasteiger partial charge in [0.2, 0.25) is 0 Å². The molecular formula is C17H29FN2. The molecule has 0 aliphatic carbocycles. The number of nitrogens with one attached hydrogen (secondary N) is 1. The third kappa shape index (κ3) is 7.49. The minimum atomic E-state index is -0.162. The highest BCUT2D eigenvalue weighted by Crippen LogP contribution is 2.14. The summed E-state index contributed by atoms with van der Waals surface area (Å²) in [6.07, 6.45) is 4.92. The molecule has 0 radical (unpaired) electrons. The maximum Gasteiger partial charge on any atom is 0.125 e. The van der Waals surface area contributed by atoms with Gasteiger partial charge in [-0.05, 0) is 50.0 Å². The van der Waals surface area contributed by atoms with E-state index in [9.17, 15) is 4.39 Å². The van der Waals surface area contributed by atoms with E-state index in [-0.39, 0.29) is 5.82 Å². The van der Waals surface area contributed by atoms with E-state index in [1.807, 2.05) is 13.1 Å². The van der Waals surface area contributed by atoms with Crippen molar-refractivity contribution in [3.8, 4) is 0 Å². The van der Waals surface area contributed by atoms with Gasteiger partial charge in [-0.1, -0.05) is 32.8 Å². The molecule has 1 rings (SSSR count). The Morgan fingerprint density at radius 2 is 1.90 bits per heavy atom. The molecule has 0 atom stereocenters. The Hall–Kier alpha value is -1.09. The van der Waals surface area contributed by atoms with E-state index in [2.05, 4.69) is 24.1 Å². The van der Waals surface area contributed by atoms with Gasteiger partial charge in [0.25, 0.3) is 0 Å². The average molecular weight is 280 g/mol. The molecule has 0 saturated carbocycles. The third-order valence-electron chi connectivity index (χ3n) is 3.40. The lowest BCUT2D eigenvalue weighted by Crippen LogP contribution is -2.21. The van der Waals surface area contributed by atoms with Gasteiger partial charge >= 0.3 is 0 Å². The Balaban J connectivity index is 2.04. The quantitative estimate of drug-likeness (QED) is 0.650. The van der Waals surface area contributed by atoms with Crippen LogP contribution in [0.5, 0.6) is 0 Å². The molecule has 20 heavy (non-hydrogen) atoms. The fraction of sp³-hybridized carbons (Fsp3) is 0.647. The highest BCUT2D eigenvalue weighted by Gasteiger charge is 2.01. The normalized spacial score (nSPS) is 11.1. The maximum absolute atomic E-state index is 13.1. The molecule has 3 heteroatoms. The van der Waals surface area contributed by atoms with Crippen LogP contribution in [-0.2, 0) is 0 Å². The fourth-order valence-electron chi connectivity index (χ4n) is 2.19. The smallest absolute Gasteiger partial charge is 0.125 e. The standard InChI is InChI=1S/C17H29FN2/c1-15(2)14-19-11-6-4-5-7-12-20(3)17-10-8-9-16(18)13-17/h8-10,13,15,19H,4-7,11-12,14H2,1-3H3. The number of hydrogen-bond donors (Lipinski definition) is 1. The fourth-order valence-corrected chi connectivity index (χ4v) is 2.19. The number of nitrogens with zero attached hydrogens (tertiary/aromatic N) is 1. The highest BCUT2D eigenvalue weighted by atomic mass is 19.1. The van der Waals surface area contributed by atoms with Crippen LogP contribution in [-0.4, -0.2) is 26.7 Å². The number of rotatable bonds is 10. The second-order valence-electron chi connectivity index (χ2n) is 5.91. The summed E-state index contributed by atoms with van der Waals surface area (Å²) in [7, 11) is 2.03. The van der Waals surface area contributed by atoms with Crippen LogP contribution in [0.25, 0.3) is 0 Å². The van der Waals surface area contributed by atoms with Crippen molar-refractivity contribution in [3.63, 3.8) is 0 Å². The zero-order valence-corrected chi connectivity index (χ0v) is 13.2. The summed E-state index contributed by atoms with van der Waals surface area (Å²) in [6, 6.07) is 6.80. The van der Waals surface area contributed by atoms with Crippen LogP contribution in [0, 0.1) is 11.7 Å². The summed E-state index contributed by atoms with van der Waals surface area (Å²) < 4.78 is 13.1. The summed E-state index contributed by atoms with van der Waals surface area (Å²) in [5, 5.41) is 3.46. The van der Waals surface area contributed by atoms with Gasteiger partial charge in [-0.15, -0.1) is 0 Å². The van der Waals surface area contributed by atoms with Gasteiger partial charge in [0.05, 0.1) is 0 Å². The summed E-state index contributed by atoms with van der Waals surface area (Å²) in [6.45, 7) is 7.69. The summed E-state index contributed by atoms with van der Waals surface area (Å²) >= 11 is 0. The predicted molar refractivity (Wildman–Crippen MR) is 85.8 cm³/mol. The Kier molecular flexibility index (Phi) is 8.28. The Labute approximate surface area is 123 Å². The van der Waals surface area contributed by atoms with Crippen LogP contribution in [0.2, 0.25) is 0 Å². The first-order valence-corrected chi connectivity index (χ1v) is 7.77. The molecular weight excluding hydrogens is 251 g/mol. The van der Waals surface area contributed by atoms with Crippen molar-refractivity contribution in [1.29, 1.82) is 0 Å². The zero-order valence-electron chi connectivity index (χ0n) is 13.2. The van der Waals surface area contributed by atoms with Gasteiger partial charge < -0.3 is 10.2 Å². The van der Waals surface area contributed by atoms with E-state index < -0.39 is 0 Å². The molecule has 0 fully saturated rings. The van der Waals surface area contributed by atoms with E-state index in [0.29, 0.717) is 0 Å². The van der Waals surface area contributed by atoms with Crippen LogP contribution in [0.1, 0.15) is 39.5 Å². The summed E-state index contributed by atoms with van der Waals surface area (Å²) in [5.41, 5.74) is 0.962. The lowest BCUT2D eigenvalue weighted by atomic mass is 10.1. The van der Waals surface area contributed by atoms with E-state index in [4.69, 9.17) is 0 Å². The second-order valence-corrected chi connectivity index (χ2v) is 5.91. The number of halogens is 1. The number of hydrogen-bond acceptors (Lipinski definition) is 2. The van der Waals surface area contributed by atoms with Crippen LogP contribution in [0.3, 0.4) is 0 Å². The molecule has 1 aromatic rings. The molecule has 0 spiro atoms. The highest BCUT2D eigenvalue weighted by molar-refractivity contribution is 5.45. The molecule has 1 aromatic carbocycles. The molecule has 0 heterocycles. The lowest BCUT2D eigenvalue weighted by molar-refractivity contribution is 0.526. The molecule has 0 amide bonds. The van der Waals surface area contributed by atoms with Crippen LogP contribution >= 0.6 is 0 Å². The van der Waals surface area contributed by atoms with Gasteiger partial charge in [-0.3, -0.25) is 0 Å². The topological polar surface area (TPSA) is 15.3 Å². The van der Waals surface area contributed by atoms with Crippen LogP contribution < -0.4 is 10.2 Å². The SMILES string of the molecule is CC(C)CNCCCCCCN(C)c1cccc(F)c1. The minimum absolute atomic E-state index is 0.162. The molecule has 0 aliphatic rings. The monoisotopic (exact) mass is 280 g/mol. The van der Waals surface area contributed by atoms with Crippen LogP contribution in [0.4, 0.5) is 10.1 Å². The van der Waals surface area contributed by atoms with Crippen molar-refractivity contribution in [2.45, 2.75) is 39.5 Å². The molecule has 1 N–H and O–H groups in total. The first-order valence-electron chi connectivity index (χ1n) is 7.77. The van der Waals surface area contributed by atoms with Gasteiger partial charge in [0, 0.05) is 19.3 Å². The van der Waals surface area contributed by atoms with Gasteiger partial charge in [-0.25, -0.2) is 4.39 Å². The number of unbranched alkanes of at least 4 members (excludes halogenated alkanes) is 3. The number of anilines is 1. The van der Waals surface area contributed by atoms with E-state index in [1.54, 1.807) is 12.1 Å².